The van der Waals surface area contributed by atoms with E-state index in [1.165, 1.54) is 6.20 Å². The van der Waals surface area contributed by atoms with Gasteiger partial charge in [0.15, 0.2) is 0 Å². The summed E-state index contributed by atoms with van der Waals surface area (Å²) in [5.74, 6) is 0.405. The minimum Gasteiger partial charge on any atom is -0.337 e. The molecular formula is C13H17N5O3. The first-order chi connectivity index (χ1) is 9.85. The highest BCUT2D eigenvalue weighted by Crippen LogP contribution is 2.09. The fourth-order valence-corrected chi connectivity index (χ4v) is 1.57. The Kier molecular flexibility index (Phi) is 4.06. The Morgan fingerprint density at radius 3 is 2.86 bits per heavy atom. The molecule has 0 saturated carbocycles. The molecule has 0 fully saturated rings. The number of nitrogens with zero attached hydrogens (tertiary/aromatic N) is 2. The largest absolute Gasteiger partial charge is 0.337 e. The second-order valence-electron chi connectivity index (χ2n) is 5.48. The van der Waals surface area contributed by atoms with E-state index in [0.717, 1.165) is 0 Å². The van der Waals surface area contributed by atoms with E-state index in [-0.39, 0.29) is 35.4 Å². The van der Waals surface area contributed by atoms with Crippen LogP contribution in [0, 0.1) is 0 Å². The molecule has 0 spiro atoms. The van der Waals surface area contributed by atoms with Crippen LogP contribution >= 0.6 is 0 Å². The highest BCUT2D eigenvalue weighted by Gasteiger charge is 2.15. The number of pyridine rings is 1. The molecule has 2 heterocycles. The van der Waals surface area contributed by atoms with Gasteiger partial charge < -0.3 is 20.1 Å². The number of hydrogen-bond acceptors (Lipinski definition) is 5. The molecule has 0 aliphatic carbocycles. The second-order valence-corrected chi connectivity index (χ2v) is 5.48. The molecular weight excluding hydrogens is 274 g/mol. The Labute approximate surface area is 121 Å². The second kappa shape index (κ2) is 5.78. The van der Waals surface area contributed by atoms with Crippen LogP contribution in [0.5, 0.6) is 0 Å². The first-order valence-corrected chi connectivity index (χ1v) is 6.42. The lowest BCUT2D eigenvalue weighted by Gasteiger charge is -2.20. The van der Waals surface area contributed by atoms with E-state index < -0.39 is 0 Å². The predicted molar refractivity (Wildman–Crippen MR) is 75.5 cm³/mol. The standard InChI is InChI=1S/C13H17N5O3/c1-13(2,3)17-12(20)15-7-9-16-10(18-21-9)8-5-4-6-14-11(8)19/h4-6H,7H2,1-3H3,(H,14,19)(H2,15,17,20). The molecule has 8 heteroatoms. The molecule has 8 nitrogen and oxygen atoms in total. The predicted octanol–water partition coefficient (Wildman–Crippen LogP) is 1.02. The highest BCUT2D eigenvalue weighted by atomic mass is 16.5. The summed E-state index contributed by atoms with van der Waals surface area (Å²) in [4.78, 5) is 29.8. The number of urea groups is 1. The van der Waals surface area contributed by atoms with Gasteiger partial charge in [-0.05, 0) is 32.9 Å². The number of carbonyl (C=O) groups excluding carboxylic acids is 1. The third-order valence-electron chi connectivity index (χ3n) is 2.42. The monoisotopic (exact) mass is 291 g/mol. The van der Waals surface area contributed by atoms with E-state index in [1.807, 2.05) is 20.8 Å². The molecule has 3 N–H and O–H groups in total. The number of aromatic nitrogens is 3. The average molecular weight is 291 g/mol. The summed E-state index contributed by atoms with van der Waals surface area (Å²) in [6, 6.07) is 2.93. The first-order valence-electron chi connectivity index (χ1n) is 6.42. The summed E-state index contributed by atoms with van der Waals surface area (Å²) in [5.41, 5.74) is -0.323. The molecule has 21 heavy (non-hydrogen) atoms. The van der Waals surface area contributed by atoms with Crippen molar-refractivity contribution in [2.75, 3.05) is 0 Å². The van der Waals surface area contributed by atoms with Gasteiger partial charge in [-0.15, -0.1) is 0 Å². The van der Waals surface area contributed by atoms with Gasteiger partial charge in [-0.1, -0.05) is 5.16 Å². The zero-order valence-electron chi connectivity index (χ0n) is 12.1. The maximum absolute atomic E-state index is 11.6. The Balaban J connectivity index is 2.00. The smallest absolute Gasteiger partial charge is 0.315 e. The Morgan fingerprint density at radius 1 is 1.43 bits per heavy atom. The fraction of sp³-hybridized carbons (Fsp3) is 0.385. The van der Waals surface area contributed by atoms with Crippen LogP contribution in [0.1, 0.15) is 26.7 Å². The van der Waals surface area contributed by atoms with E-state index in [0.29, 0.717) is 5.56 Å². The number of amides is 2. The van der Waals surface area contributed by atoms with Crippen molar-refractivity contribution in [3.05, 3.63) is 34.6 Å². The zero-order valence-corrected chi connectivity index (χ0v) is 12.1. The molecule has 0 aliphatic heterocycles. The van der Waals surface area contributed by atoms with Gasteiger partial charge in [-0.25, -0.2) is 4.79 Å². The molecule has 0 aliphatic rings. The lowest BCUT2D eigenvalue weighted by Crippen LogP contribution is -2.46. The minimum atomic E-state index is -0.334. The molecule has 0 atom stereocenters. The Morgan fingerprint density at radius 2 is 2.19 bits per heavy atom. The average Bonchev–Trinajstić information content (AvgIpc) is 2.83. The number of nitrogens with one attached hydrogen (secondary N) is 3. The van der Waals surface area contributed by atoms with Gasteiger partial charge in [-0.2, -0.15) is 4.98 Å². The lowest BCUT2D eigenvalue weighted by atomic mass is 10.1. The zero-order chi connectivity index (χ0) is 15.5. The lowest BCUT2D eigenvalue weighted by molar-refractivity contribution is 0.229. The van der Waals surface area contributed by atoms with E-state index in [9.17, 15) is 9.59 Å². The van der Waals surface area contributed by atoms with Crippen LogP contribution < -0.4 is 16.2 Å². The van der Waals surface area contributed by atoms with Crippen LogP contribution in [0.2, 0.25) is 0 Å². The van der Waals surface area contributed by atoms with Crippen LogP contribution in [0.25, 0.3) is 11.4 Å². The summed E-state index contributed by atoms with van der Waals surface area (Å²) < 4.78 is 5.00. The SMILES string of the molecule is CC(C)(C)NC(=O)NCc1nc(-c2ccc[nH]c2=O)no1. The van der Waals surface area contributed by atoms with E-state index in [4.69, 9.17) is 4.52 Å². The molecule has 0 unspecified atom stereocenters. The molecule has 112 valence electrons. The van der Waals surface area contributed by atoms with Crippen molar-refractivity contribution in [3.63, 3.8) is 0 Å². The van der Waals surface area contributed by atoms with Crippen molar-refractivity contribution >= 4 is 6.03 Å². The van der Waals surface area contributed by atoms with Gasteiger partial charge in [-0.3, -0.25) is 4.79 Å². The third kappa shape index (κ3) is 4.16. The number of hydrogen-bond donors (Lipinski definition) is 3. The van der Waals surface area contributed by atoms with E-state index in [2.05, 4.69) is 25.8 Å². The van der Waals surface area contributed by atoms with Crippen LogP contribution in [-0.4, -0.2) is 26.7 Å². The van der Waals surface area contributed by atoms with E-state index in [1.54, 1.807) is 12.1 Å². The van der Waals surface area contributed by atoms with Crippen molar-refractivity contribution in [2.24, 2.45) is 0 Å². The topological polar surface area (TPSA) is 113 Å². The van der Waals surface area contributed by atoms with E-state index >= 15 is 0 Å². The normalized spacial score (nSPS) is 11.2. The van der Waals surface area contributed by atoms with Crippen molar-refractivity contribution in [2.45, 2.75) is 32.9 Å². The number of aromatic amines is 1. The highest BCUT2D eigenvalue weighted by molar-refractivity contribution is 5.74. The molecule has 0 saturated heterocycles. The number of H-pyrrole nitrogens is 1. The van der Waals surface area contributed by atoms with Gasteiger partial charge in [0, 0.05) is 11.7 Å². The van der Waals surface area contributed by atoms with Gasteiger partial charge in [0.25, 0.3) is 5.56 Å². The summed E-state index contributed by atoms with van der Waals surface area (Å²) in [6.45, 7) is 5.71. The maximum atomic E-state index is 11.6. The summed E-state index contributed by atoms with van der Waals surface area (Å²) in [7, 11) is 0. The van der Waals surface area contributed by atoms with Crippen molar-refractivity contribution in [1.29, 1.82) is 0 Å². The quantitative estimate of drug-likeness (QED) is 0.781. The molecule has 2 aromatic heterocycles. The van der Waals surface area contributed by atoms with Gasteiger partial charge in [0.2, 0.25) is 11.7 Å². The Bertz CT molecular complexity index is 683. The third-order valence-corrected chi connectivity index (χ3v) is 2.42. The van der Waals surface area contributed by atoms with Crippen molar-refractivity contribution < 1.29 is 9.32 Å². The molecule has 2 aromatic rings. The Hall–Kier alpha value is -2.64. The summed E-state index contributed by atoms with van der Waals surface area (Å²) in [6.07, 6.45) is 1.52. The van der Waals surface area contributed by atoms with Crippen molar-refractivity contribution in [3.8, 4) is 11.4 Å². The number of carbonyl (C=O) groups is 1. The minimum absolute atomic E-state index is 0.0830. The molecule has 0 bridgehead atoms. The van der Waals surface area contributed by atoms with Gasteiger partial charge >= 0.3 is 6.03 Å². The van der Waals surface area contributed by atoms with Crippen LogP contribution in [0.3, 0.4) is 0 Å². The van der Waals surface area contributed by atoms with Crippen molar-refractivity contribution in [1.82, 2.24) is 25.8 Å². The first kappa shape index (κ1) is 14.8. The summed E-state index contributed by atoms with van der Waals surface area (Å²) in [5, 5.41) is 9.07. The van der Waals surface area contributed by atoms with Crippen LogP contribution in [0.15, 0.2) is 27.6 Å². The fourth-order valence-electron chi connectivity index (χ4n) is 1.57. The molecule has 2 rings (SSSR count). The summed E-state index contributed by atoms with van der Waals surface area (Å²) >= 11 is 0. The molecule has 0 aromatic carbocycles. The number of rotatable bonds is 3. The van der Waals surface area contributed by atoms with Gasteiger partial charge in [0.05, 0.1) is 12.1 Å². The molecule has 0 radical (unpaired) electrons. The molecule has 2 amide bonds. The van der Waals surface area contributed by atoms with Gasteiger partial charge in [0.1, 0.15) is 0 Å². The van der Waals surface area contributed by atoms with Crippen LogP contribution in [0.4, 0.5) is 4.79 Å². The van der Waals surface area contributed by atoms with Crippen LogP contribution in [-0.2, 0) is 6.54 Å². The maximum Gasteiger partial charge on any atom is 0.315 e.